The van der Waals surface area contributed by atoms with Crippen LogP contribution in [-0.2, 0) is 9.47 Å². The van der Waals surface area contributed by atoms with Crippen molar-refractivity contribution in [3.8, 4) is 0 Å². The van der Waals surface area contributed by atoms with E-state index in [1.807, 2.05) is 6.92 Å². The van der Waals surface area contributed by atoms with Gasteiger partial charge in [0.15, 0.2) is 6.29 Å². The highest BCUT2D eigenvalue weighted by atomic mass is 16.7. The summed E-state index contributed by atoms with van der Waals surface area (Å²) in [7, 11) is 0. The Labute approximate surface area is 106 Å². The standard InChI is InChI=1S/C11H23NO6/c1-2-3-4-7(12)18-11-10(16)9(15)8(14)6(5-13)17-11/h6-11,13-16H,2-5,12H2,1H3/t6-,7?,8+,9+,10-,11?/m1/s1. The van der Waals surface area contributed by atoms with E-state index in [4.69, 9.17) is 20.3 Å². The van der Waals surface area contributed by atoms with E-state index in [1.165, 1.54) is 0 Å². The maximum atomic E-state index is 9.70. The van der Waals surface area contributed by atoms with E-state index in [-0.39, 0.29) is 0 Å². The monoisotopic (exact) mass is 265 g/mol. The lowest BCUT2D eigenvalue weighted by Crippen LogP contribution is -2.60. The quantitative estimate of drug-likeness (QED) is 0.362. The average Bonchev–Trinajstić information content (AvgIpc) is 2.37. The molecule has 0 aromatic rings. The zero-order chi connectivity index (χ0) is 13.7. The number of nitrogens with two attached hydrogens (primary N) is 1. The largest absolute Gasteiger partial charge is 0.394 e. The summed E-state index contributed by atoms with van der Waals surface area (Å²) in [5, 5.41) is 37.8. The number of unbranched alkanes of at least 4 members (excludes halogenated alkanes) is 1. The first-order valence-electron chi connectivity index (χ1n) is 6.22. The number of ether oxygens (including phenoxy) is 2. The summed E-state index contributed by atoms with van der Waals surface area (Å²) in [5.74, 6) is 0. The van der Waals surface area contributed by atoms with Crippen molar-refractivity contribution >= 4 is 0 Å². The van der Waals surface area contributed by atoms with Crippen LogP contribution in [0.4, 0.5) is 0 Å². The molecule has 1 aliphatic heterocycles. The summed E-state index contributed by atoms with van der Waals surface area (Å²) in [6.45, 7) is 1.54. The van der Waals surface area contributed by atoms with E-state index >= 15 is 0 Å². The number of aliphatic hydroxyl groups is 4. The Kier molecular flexibility index (Phi) is 6.44. The molecule has 2 unspecified atom stereocenters. The molecule has 108 valence electrons. The van der Waals surface area contributed by atoms with E-state index in [9.17, 15) is 15.3 Å². The lowest BCUT2D eigenvalue weighted by atomic mass is 9.99. The van der Waals surface area contributed by atoms with Crippen LogP contribution < -0.4 is 5.73 Å². The second-order valence-corrected chi connectivity index (χ2v) is 4.51. The summed E-state index contributed by atoms with van der Waals surface area (Å²) in [6, 6.07) is 0. The Morgan fingerprint density at radius 3 is 2.44 bits per heavy atom. The van der Waals surface area contributed by atoms with Gasteiger partial charge >= 0.3 is 0 Å². The lowest BCUT2D eigenvalue weighted by Gasteiger charge is -2.40. The molecule has 6 atom stereocenters. The van der Waals surface area contributed by atoms with Crippen LogP contribution in [-0.4, -0.2) is 64.0 Å². The van der Waals surface area contributed by atoms with Crippen LogP contribution in [0, 0.1) is 0 Å². The SMILES string of the molecule is CCCCC(N)OC1O[C@H](CO)[C@H](O)[C@H](O)[C@H]1O. The first-order valence-corrected chi connectivity index (χ1v) is 6.22. The molecule has 18 heavy (non-hydrogen) atoms. The third-order valence-electron chi connectivity index (χ3n) is 3.00. The Hall–Kier alpha value is -0.280. The highest BCUT2D eigenvalue weighted by Gasteiger charge is 2.44. The van der Waals surface area contributed by atoms with Crippen molar-refractivity contribution in [2.45, 2.75) is 63.1 Å². The Morgan fingerprint density at radius 2 is 1.89 bits per heavy atom. The second kappa shape index (κ2) is 7.34. The zero-order valence-electron chi connectivity index (χ0n) is 10.5. The molecule has 0 aromatic carbocycles. The van der Waals surface area contributed by atoms with Gasteiger partial charge in [-0.05, 0) is 12.8 Å². The molecule has 1 aliphatic rings. The predicted molar refractivity (Wildman–Crippen MR) is 62.4 cm³/mol. The molecule has 0 aromatic heterocycles. The minimum absolute atomic E-state index is 0.477. The van der Waals surface area contributed by atoms with Crippen molar-refractivity contribution in [1.82, 2.24) is 0 Å². The fraction of sp³-hybridized carbons (Fsp3) is 1.00. The summed E-state index contributed by atoms with van der Waals surface area (Å²) in [6.07, 6.45) is -4.49. The van der Waals surface area contributed by atoms with Crippen molar-refractivity contribution in [2.75, 3.05) is 6.61 Å². The molecule has 7 heteroatoms. The fourth-order valence-corrected chi connectivity index (χ4v) is 1.83. The topological polar surface area (TPSA) is 125 Å². The molecule has 1 saturated heterocycles. The van der Waals surface area contributed by atoms with Gasteiger partial charge < -0.3 is 35.6 Å². The molecule has 7 nitrogen and oxygen atoms in total. The van der Waals surface area contributed by atoms with Gasteiger partial charge in [-0.15, -0.1) is 0 Å². The molecule has 0 saturated carbocycles. The van der Waals surface area contributed by atoms with Gasteiger partial charge in [0.2, 0.25) is 0 Å². The normalized spacial score (nSPS) is 38.7. The number of rotatable bonds is 6. The van der Waals surface area contributed by atoms with E-state index in [0.717, 1.165) is 12.8 Å². The predicted octanol–water partition coefficient (Wildman–Crippen LogP) is -1.72. The van der Waals surface area contributed by atoms with E-state index in [1.54, 1.807) is 0 Å². The maximum absolute atomic E-state index is 9.70. The molecule has 1 fully saturated rings. The molecule has 0 bridgehead atoms. The smallest absolute Gasteiger partial charge is 0.188 e. The van der Waals surface area contributed by atoms with Crippen molar-refractivity contribution in [2.24, 2.45) is 5.73 Å². The van der Waals surface area contributed by atoms with E-state index in [2.05, 4.69) is 0 Å². The highest BCUT2D eigenvalue weighted by Crippen LogP contribution is 2.22. The minimum atomic E-state index is -1.43. The van der Waals surface area contributed by atoms with Crippen LogP contribution in [0.3, 0.4) is 0 Å². The van der Waals surface area contributed by atoms with Crippen molar-refractivity contribution in [3.05, 3.63) is 0 Å². The third-order valence-corrected chi connectivity index (χ3v) is 3.00. The van der Waals surface area contributed by atoms with Crippen molar-refractivity contribution < 1.29 is 29.9 Å². The van der Waals surface area contributed by atoms with Gasteiger partial charge in [-0.1, -0.05) is 13.3 Å². The third kappa shape index (κ3) is 3.86. The number of hydrogen-bond donors (Lipinski definition) is 5. The summed E-state index contributed by atoms with van der Waals surface area (Å²) in [5.41, 5.74) is 5.70. The van der Waals surface area contributed by atoms with E-state index in [0.29, 0.717) is 6.42 Å². The summed E-state index contributed by atoms with van der Waals surface area (Å²) in [4.78, 5) is 0. The number of aliphatic hydroxyl groups excluding tert-OH is 4. The first-order chi connectivity index (χ1) is 8.51. The molecule has 0 radical (unpaired) electrons. The first kappa shape index (κ1) is 15.8. The Bertz CT molecular complexity index is 240. The molecule has 0 spiro atoms. The van der Waals surface area contributed by atoms with Gasteiger partial charge in [0, 0.05) is 0 Å². The highest BCUT2D eigenvalue weighted by molar-refractivity contribution is 4.89. The summed E-state index contributed by atoms with van der Waals surface area (Å²) < 4.78 is 10.4. The van der Waals surface area contributed by atoms with Crippen LogP contribution in [0.15, 0.2) is 0 Å². The van der Waals surface area contributed by atoms with Crippen LogP contribution in [0.5, 0.6) is 0 Å². The molecule has 1 rings (SSSR count). The molecule has 1 heterocycles. The Balaban J connectivity index is 2.53. The Morgan fingerprint density at radius 1 is 1.22 bits per heavy atom. The van der Waals surface area contributed by atoms with Crippen LogP contribution in [0.25, 0.3) is 0 Å². The fourth-order valence-electron chi connectivity index (χ4n) is 1.83. The second-order valence-electron chi connectivity index (χ2n) is 4.51. The van der Waals surface area contributed by atoms with Crippen molar-refractivity contribution in [1.29, 1.82) is 0 Å². The number of hydrogen-bond acceptors (Lipinski definition) is 7. The van der Waals surface area contributed by atoms with Gasteiger partial charge in [0.05, 0.1) is 6.61 Å². The minimum Gasteiger partial charge on any atom is -0.394 e. The van der Waals surface area contributed by atoms with Gasteiger partial charge in [-0.3, -0.25) is 0 Å². The molecule has 0 amide bonds. The van der Waals surface area contributed by atoms with Gasteiger partial charge in [0.25, 0.3) is 0 Å². The van der Waals surface area contributed by atoms with Crippen LogP contribution in [0.1, 0.15) is 26.2 Å². The zero-order valence-corrected chi connectivity index (χ0v) is 10.5. The van der Waals surface area contributed by atoms with Gasteiger partial charge in [-0.25, -0.2) is 0 Å². The summed E-state index contributed by atoms with van der Waals surface area (Å²) >= 11 is 0. The molecular formula is C11H23NO6. The van der Waals surface area contributed by atoms with Crippen LogP contribution >= 0.6 is 0 Å². The maximum Gasteiger partial charge on any atom is 0.188 e. The molecule has 6 N–H and O–H groups in total. The molecular weight excluding hydrogens is 242 g/mol. The average molecular weight is 265 g/mol. The van der Waals surface area contributed by atoms with E-state index < -0.39 is 43.5 Å². The molecule has 0 aliphatic carbocycles. The van der Waals surface area contributed by atoms with Crippen molar-refractivity contribution in [3.63, 3.8) is 0 Å². The van der Waals surface area contributed by atoms with Gasteiger partial charge in [-0.2, -0.15) is 0 Å². The van der Waals surface area contributed by atoms with Crippen LogP contribution in [0.2, 0.25) is 0 Å². The van der Waals surface area contributed by atoms with Gasteiger partial charge in [0.1, 0.15) is 30.6 Å². The lowest BCUT2D eigenvalue weighted by molar-refractivity contribution is -0.311.